The summed E-state index contributed by atoms with van der Waals surface area (Å²) in [6.45, 7) is 3.30. The van der Waals surface area contributed by atoms with E-state index in [4.69, 9.17) is 5.73 Å². The molecule has 84 valence electrons. The fraction of sp³-hybridized carbons (Fsp3) is 0.889. The predicted molar refractivity (Wildman–Crippen MR) is 55.9 cm³/mol. The SMILES string of the molecule is CN(C)CC(C)(O)CNCCC(N)=O. The van der Waals surface area contributed by atoms with Crippen LogP contribution in [0.15, 0.2) is 0 Å². The zero-order valence-electron chi connectivity index (χ0n) is 9.21. The van der Waals surface area contributed by atoms with Gasteiger partial charge in [0.25, 0.3) is 0 Å². The van der Waals surface area contributed by atoms with Gasteiger partial charge in [-0.15, -0.1) is 0 Å². The summed E-state index contributed by atoms with van der Waals surface area (Å²) < 4.78 is 0. The van der Waals surface area contributed by atoms with Crippen LogP contribution in [-0.4, -0.2) is 55.2 Å². The van der Waals surface area contributed by atoms with E-state index in [1.807, 2.05) is 19.0 Å². The minimum Gasteiger partial charge on any atom is -0.388 e. The van der Waals surface area contributed by atoms with Crippen LogP contribution in [0.5, 0.6) is 0 Å². The minimum atomic E-state index is -0.777. The van der Waals surface area contributed by atoms with Gasteiger partial charge in [-0.25, -0.2) is 0 Å². The molecule has 0 spiro atoms. The molecule has 0 bridgehead atoms. The first kappa shape index (κ1) is 13.4. The van der Waals surface area contributed by atoms with E-state index in [1.54, 1.807) is 6.92 Å². The second-order valence-electron chi connectivity index (χ2n) is 4.13. The zero-order chi connectivity index (χ0) is 11.2. The van der Waals surface area contributed by atoms with Gasteiger partial charge in [0.1, 0.15) is 0 Å². The van der Waals surface area contributed by atoms with Gasteiger partial charge in [-0.1, -0.05) is 0 Å². The fourth-order valence-electron chi connectivity index (χ4n) is 1.31. The van der Waals surface area contributed by atoms with Crippen molar-refractivity contribution >= 4 is 5.91 Å². The number of rotatable bonds is 7. The van der Waals surface area contributed by atoms with Crippen LogP contribution in [0, 0.1) is 0 Å². The van der Waals surface area contributed by atoms with E-state index in [9.17, 15) is 9.90 Å². The van der Waals surface area contributed by atoms with Crippen molar-refractivity contribution in [3.63, 3.8) is 0 Å². The molecule has 0 radical (unpaired) electrons. The van der Waals surface area contributed by atoms with E-state index in [0.29, 0.717) is 26.1 Å². The van der Waals surface area contributed by atoms with Crippen LogP contribution in [0.25, 0.3) is 0 Å². The Labute approximate surface area is 85.3 Å². The molecule has 1 amide bonds. The third-order valence-corrected chi connectivity index (χ3v) is 1.71. The molecule has 0 rings (SSSR count). The molecule has 0 aromatic carbocycles. The average molecular weight is 203 g/mol. The number of carbonyl (C=O) groups is 1. The molecule has 0 saturated heterocycles. The smallest absolute Gasteiger partial charge is 0.218 e. The van der Waals surface area contributed by atoms with Crippen molar-refractivity contribution in [2.75, 3.05) is 33.7 Å². The molecular weight excluding hydrogens is 182 g/mol. The highest BCUT2D eigenvalue weighted by Gasteiger charge is 2.20. The Balaban J connectivity index is 3.60. The van der Waals surface area contributed by atoms with E-state index < -0.39 is 5.60 Å². The van der Waals surface area contributed by atoms with E-state index in [2.05, 4.69) is 5.32 Å². The van der Waals surface area contributed by atoms with Crippen LogP contribution in [0.2, 0.25) is 0 Å². The van der Waals surface area contributed by atoms with Gasteiger partial charge in [-0.3, -0.25) is 4.79 Å². The largest absolute Gasteiger partial charge is 0.388 e. The molecule has 0 aliphatic rings. The standard InChI is InChI=1S/C9H21N3O2/c1-9(14,7-12(2)3)6-11-5-4-8(10)13/h11,14H,4-7H2,1-3H3,(H2,10,13). The first-order valence-electron chi connectivity index (χ1n) is 4.69. The number of nitrogens with two attached hydrogens (primary N) is 1. The second-order valence-corrected chi connectivity index (χ2v) is 4.13. The molecule has 0 aromatic rings. The summed E-state index contributed by atoms with van der Waals surface area (Å²) in [4.78, 5) is 12.3. The lowest BCUT2D eigenvalue weighted by Crippen LogP contribution is -2.46. The van der Waals surface area contributed by atoms with Crippen LogP contribution < -0.4 is 11.1 Å². The molecule has 1 unspecified atom stereocenters. The Morgan fingerprint density at radius 1 is 1.57 bits per heavy atom. The van der Waals surface area contributed by atoms with Gasteiger partial charge < -0.3 is 21.1 Å². The molecule has 0 aliphatic carbocycles. The number of hydrogen-bond donors (Lipinski definition) is 3. The Morgan fingerprint density at radius 3 is 2.57 bits per heavy atom. The maximum Gasteiger partial charge on any atom is 0.218 e. The summed E-state index contributed by atoms with van der Waals surface area (Å²) in [5.41, 5.74) is 4.20. The van der Waals surface area contributed by atoms with Gasteiger partial charge in [-0.05, 0) is 21.0 Å². The van der Waals surface area contributed by atoms with E-state index in [0.717, 1.165) is 0 Å². The van der Waals surface area contributed by atoms with Crippen molar-refractivity contribution in [3.05, 3.63) is 0 Å². The van der Waals surface area contributed by atoms with Gasteiger partial charge in [0.15, 0.2) is 0 Å². The summed E-state index contributed by atoms with van der Waals surface area (Å²) in [6.07, 6.45) is 0.304. The van der Waals surface area contributed by atoms with E-state index >= 15 is 0 Å². The van der Waals surface area contributed by atoms with Crippen molar-refractivity contribution in [2.24, 2.45) is 5.73 Å². The minimum absolute atomic E-state index is 0.304. The van der Waals surface area contributed by atoms with Crippen molar-refractivity contribution < 1.29 is 9.90 Å². The highest BCUT2D eigenvalue weighted by Crippen LogP contribution is 2.02. The number of carbonyl (C=O) groups excluding carboxylic acids is 1. The van der Waals surface area contributed by atoms with Crippen molar-refractivity contribution in [2.45, 2.75) is 18.9 Å². The molecule has 14 heavy (non-hydrogen) atoms. The van der Waals surface area contributed by atoms with Crippen molar-refractivity contribution in [1.29, 1.82) is 0 Å². The fourth-order valence-corrected chi connectivity index (χ4v) is 1.31. The molecule has 0 aliphatic heterocycles. The molecule has 5 heteroatoms. The van der Waals surface area contributed by atoms with Crippen molar-refractivity contribution in [1.82, 2.24) is 10.2 Å². The topological polar surface area (TPSA) is 78.6 Å². The monoisotopic (exact) mass is 203 g/mol. The summed E-state index contributed by atoms with van der Waals surface area (Å²) >= 11 is 0. The lowest BCUT2D eigenvalue weighted by atomic mass is 10.1. The third-order valence-electron chi connectivity index (χ3n) is 1.71. The Hall–Kier alpha value is -0.650. The van der Waals surface area contributed by atoms with E-state index in [-0.39, 0.29) is 5.91 Å². The number of nitrogens with one attached hydrogen (secondary N) is 1. The average Bonchev–Trinajstić information content (AvgIpc) is 1.95. The van der Waals surface area contributed by atoms with Gasteiger partial charge in [0.05, 0.1) is 5.60 Å². The number of nitrogens with zero attached hydrogens (tertiary/aromatic N) is 1. The molecule has 1 atom stereocenters. The first-order chi connectivity index (χ1) is 6.33. The van der Waals surface area contributed by atoms with Gasteiger partial charge >= 0.3 is 0 Å². The number of likely N-dealkylation sites (N-methyl/N-ethyl adjacent to an activating group) is 1. The van der Waals surface area contributed by atoms with Crippen LogP contribution in [0.1, 0.15) is 13.3 Å². The van der Waals surface area contributed by atoms with Crippen LogP contribution in [0.4, 0.5) is 0 Å². The zero-order valence-corrected chi connectivity index (χ0v) is 9.21. The van der Waals surface area contributed by atoms with Crippen LogP contribution in [-0.2, 0) is 4.79 Å². The van der Waals surface area contributed by atoms with E-state index in [1.165, 1.54) is 0 Å². The Bertz CT molecular complexity index is 181. The molecule has 5 nitrogen and oxygen atoms in total. The molecule has 0 saturated carbocycles. The highest BCUT2D eigenvalue weighted by atomic mass is 16.3. The Kier molecular flexibility index (Phi) is 5.68. The molecular formula is C9H21N3O2. The third kappa shape index (κ3) is 7.97. The van der Waals surface area contributed by atoms with Crippen LogP contribution in [0.3, 0.4) is 0 Å². The second kappa shape index (κ2) is 5.95. The maximum absolute atomic E-state index is 10.4. The Morgan fingerprint density at radius 2 is 2.14 bits per heavy atom. The van der Waals surface area contributed by atoms with Crippen molar-refractivity contribution in [3.8, 4) is 0 Å². The quantitative estimate of drug-likeness (QED) is 0.452. The lowest BCUT2D eigenvalue weighted by molar-refractivity contribution is -0.118. The summed E-state index contributed by atoms with van der Waals surface area (Å²) in [7, 11) is 3.80. The highest BCUT2D eigenvalue weighted by molar-refractivity contribution is 5.73. The number of aliphatic hydroxyl groups is 1. The predicted octanol–water partition coefficient (Wildman–Crippen LogP) is -1.24. The molecule has 0 fully saturated rings. The number of primary amides is 1. The number of amides is 1. The summed E-state index contributed by atoms with van der Waals surface area (Å²) in [5.74, 6) is -0.329. The van der Waals surface area contributed by atoms with Gasteiger partial charge in [-0.2, -0.15) is 0 Å². The maximum atomic E-state index is 10.4. The first-order valence-corrected chi connectivity index (χ1v) is 4.69. The van der Waals surface area contributed by atoms with Crippen LogP contribution >= 0.6 is 0 Å². The van der Waals surface area contributed by atoms with Gasteiger partial charge in [0.2, 0.25) is 5.91 Å². The lowest BCUT2D eigenvalue weighted by Gasteiger charge is -2.27. The normalized spacial score (nSPS) is 15.5. The molecule has 0 heterocycles. The molecule has 4 N–H and O–H groups in total. The van der Waals surface area contributed by atoms with Gasteiger partial charge in [0, 0.05) is 26.1 Å². The summed E-state index contributed by atoms with van der Waals surface area (Å²) in [6, 6.07) is 0. The summed E-state index contributed by atoms with van der Waals surface area (Å²) in [5, 5.41) is 12.8. The molecule has 0 aromatic heterocycles. The number of hydrogen-bond acceptors (Lipinski definition) is 4.